The standard InChI is InChI=1S/C7H10O4/c1-4(5(2)8)6(9)7(10)11-3/h9H,1-3H3/b6-4-. The second-order valence-corrected chi connectivity index (χ2v) is 2.02. The molecule has 62 valence electrons. The number of esters is 1. The van der Waals surface area contributed by atoms with E-state index in [0.29, 0.717) is 0 Å². The van der Waals surface area contributed by atoms with Crippen molar-refractivity contribution in [2.24, 2.45) is 0 Å². The molecule has 0 amide bonds. The van der Waals surface area contributed by atoms with Gasteiger partial charge in [-0.15, -0.1) is 0 Å². The van der Waals surface area contributed by atoms with E-state index in [2.05, 4.69) is 4.74 Å². The monoisotopic (exact) mass is 158 g/mol. The van der Waals surface area contributed by atoms with Crippen molar-refractivity contribution in [2.75, 3.05) is 7.11 Å². The van der Waals surface area contributed by atoms with Crippen molar-refractivity contribution in [2.45, 2.75) is 13.8 Å². The first-order valence-corrected chi connectivity index (χ1v) is 2.99. The number of rotatable bonds is 2. The second kappa shape index (κ2) is 3.75. The Hall–Kier alpha value is -1.32. The molecule has 0 unspecified atom stereocenters. The van der Waals surface area contributed by atoms with Gasteiger partial charge in [0, 0.05) is 5.57 Å². The molecule has 0 radical (unpaired) electrons. The maximum absolute atomic E-state index is 10.6. The highest BCUT2D eigenvalue weighted by Crippen LogP contribution is 2.02. The molecule has 0 heterocycles. The van der Waals surface area contributed by atoms with E-state index in [-0.39, 0.29) is 11.4 Å². The van der Waals surface area contributed by atoms with Crippen molar-refractivity contribution in [3.05, 3.63) is 11.3 Å². The second-order valence-electron chi connectivity index (χ2n) is 2.02. The third-order valence-corrected chi connectivity index (χ3v) is 1.26. The number of ketones is 1. The molecule has 0 spiro atoms. The fraction of sp³-hybridized carbons (Fsp3) is 0.429. The first kappa shape index (κ1) is 9.68. The van der Waals surface area contributed by atoms with E-state index >= 15 is 0 Å². The summed E-state index contributed by atoms with van der Waals surface area (Å²) in [6.45, 7) is 2.61. The molecule has 0 saturated heterocycles. The topological polar surface area (TPSA) is 63.6 Å². The molecule has 11 heavy (non-hydrogen) atoms. The summed E-state index contributed by atoms with van der Waals surface area (Å²) in [5.74, 6) is -1.87. The van der Waals surface area contributed by atoms with Gasteiger partial charge in [-0.05, 0) is 13.8 Å². The van der Waals surface area contributed by atoms with Gasteiger partial charge in [-0.1, -0.05) is 0 Å². The van der Waals surface area contributed by atoms with Crippen LogP contribution in [0.5, 0.6) is 0 Å². The van der Waals surface area contributed by atoms with Gasteiger partial charge in [0.1, 0.15) is 0 Å². The third-order valence-electron chi connectivity index (χ3n) is 1.26. The molecule has 0 atom stereocenters. The van der Waals surface area contributed by atoms with Crippen LogP contribution in [0.2, 0.25) is 0 Å². The lowest BCUT2D eigenvalue weighted by Gasteiger charge is -1.99. The molecule has 0 aliphatic rings. The summed E-state index contributed by atoms with van der Waals surface area (Å²) in [5.41, 5.74) is 0.0110. The quantitative estimate of drug-likeness (QED) is 0.362. The molecule has 0 aliphatic carbocycles. The van der Waals surface area contributed by atoms with Crippen molar-refractivity contribution < 1.29 is 19.4 Å². The van der Waals surface area contributed by atoms with E-state index in [0.717, 1.165) is 7.11 Å². The summed E-state index contributed by atoms with van der Waals surface area (Å²) in [6, 6.07) is 0. The molecule has 0 aromatic carbocycles. The minimum atomic E-state index is -0.891. The van der Waals surface area contributed by atoms with Gasteiger partial charge in [0.05, 0.1) is 7.11 Å². The molecule has 0 aromatic heterocycles. The van der Waals surface area contributed by atoms with Crippen LogP contribution in [0.3, 0.4) is 0 Å². The predicted molar refractivity (Wildman–Crippen MR) is 38.0 cm³/mol. The van der Waals surface area contributed by atoms with Crippen molar-refractivity contribution in [3.8, 4) is 0 Å². The molecule has 1 N–H and O–H groups in total. The minimum absolute atomic E-state index is 0.0110. The number of hydrogen-bond donors (Lipinski definition) is 1. The van der Waals surface area contributed by atoms with Crippen molar-refractivity contribution in [1.29, 1.82) is 0 Å². The average Bonchev–Trinajstić information content (AvgIpc) is 2.00. The zero-order chi connectivity index (χ0) is 9.02. The molecule has 4 heteroatoms. The fourth-order valence-corrected chi connectivity index (χ4v) is 0.417. The molecule has 4 nitrogen and oxygen atoms in total. The van der Waals surface area contributed by atoms with Crippen LogP contribution < -0.4 is 0 Å². The molecule has 0 fully saturated rings. The number of ether oxygens (including phenoxy) is 1. The summed E-state index contributed by atoms with van der Waals surface area (Å²) in [7, 11) is 1.13. The lowest BCUT2D eigenvalue weighted by Crippen LogP contribution is -2.09. The molecule has 0 aromatic rings. The number of methoxy groups -OCH3 is 1. The Morgan fingerprint density at radius 3 is 2.00 bits per heavy atom. The number of allylic oxidation sites excluding steroid dienone is 1. The highest BCUT2D eigenvalue weighted by molar-refractivity contribution is 6.00. The third kappa shape index (κ3) is 2.41. The van der Waals surface area contributed by atoms with Crippen molar-refractivity contribution in [1.82, 2.24) is 0 Å². The number of carbonyl (C=O) groups excluding carboxylic acids is 2. The fourth-order valence-electron chi connectivity index (χ4n) is 0.417. The van der Waals surface area contributed by atoms with Gasteiger partial charge in [-0.25, -0.2) is 4.79 Å². The van der Waals surface area contributed by atoms with Gasteiger partial charge in [-0.2, -0.15) is 0 Å². The smallest absolute Gasteiger partial charge is 0.373 e. The van der Waals surface area contributed by atoms with Gasteiger partial charge in [0.15, 0.2) is 5.78 Å². The minimum Gasteiger partial charge on any atom is -0.502 e. The maximum Gasteiger partial charge on any atom is 0.373 e. The molecule has 0 rings (SSSR count). The lowest BCUT2D eigenvalue weighted by molar-refractivity contribution is -0.139. The summed E-state index contributed by atoms with van der Waals surface area (Å²) in [4.78, 5) is 21.2. The highest BCUT2D eigenvalue weighted by Gasteiger charge is 2.13. The Labute approximate surface area is 64.5 Å². The largest absolute Gasteiger partial charge is 0.502 e. The van der Waals surface area contributed by atoms with E-state index in [9.17, 15) is 9.59 Å². The molecule has 0 saturated carbocycles. The van der Waals surface area contributed by atoms with Crippen LogP contribution in [0.15, 0.2) is 11.3 Å². The number of carbonyl (C=O) groups is 2. The van der Waals surface area contributed by atoms with Crippen molar-refractivity contribution in [3.63, 3.8) is 0 Å². The predicted octanol–water partition coefficient (Wildman–Crippen LogP) is 0.580. The number of aliphatic hydroxyl groups is 1. The lowest BCUT2D eigenvalue weighted by atomic mass is 10.2. The molecular formula is C7H10O4. The molecule has 0 aliphatic heterocycles. The van der Waals surface area contributed by atoms with Gasteiger partial charge < -0.3 is 9.84 Å². The van der Waals surface area contributed by atoms with E-state index in [1.54, 1.807) is 0 Å². The summed E-state index contributed by atoms with van der Waals surface area (Å²) < 4.78 is 4.18. The first-order chi connectivity index (χ1) is 5.00. The SMILES string of the molecule is COC(=O)/C(O)=C(\C)C(C)=O. The van der Waals surface area contributed by atoms with E-state index in [1.165, 1.54) is 13.8 Å². The van der Waals surface area contributed by atoms with E-state index < -0.39 is 11.7 Å². The number of hydrogen-bond acceptors (Lipinski definition) is 4. The Bertz CT molecular complexity index is 214. The van der Waals surface area contributed by atoms with Gasteiger partial charge in [0.25, 0.3) is 0 Å². The van der Waals surface area contributed by atoms with Gasteiger partial charge in [0.2, 0.25) is 5.76 Å². The van der Waals surface area contributed by atoms with Gasteiger partial charge in [-0.3, -0.25) is 4.79 Å². The Balaban J connectivity index is 4.66. The Morgan fingerprint density at radius 2 is 1.73 bits per heavy atom. The molecular weight excluding hydrogens is 148 g/mol. The van der Waals surface area contributed by atoms with Crippen LogP contribution in [0.4, 0.5) is 0 Å². The summed E-state index contributed by atoms with van der Waals surface area (Å²) in [5, 5.41) is 8.94. The van der Waals surface area contributed by atoms with Crippen LogP contribution in [0, 0.1) is 0 Å². The zero-order valence-electron chi connectivity index (χ0n) is 6.67. The number of Topliss-reactive ketones (excluding diaryl/α,β-unsaturated/α-hetero) is 1. The van der Waals surface area contributed by atoms with Crippen LogP contribution >= 0.6 is 0 Å². The van der Waals surface area contributed by atoms with Crippen LogP contribution in [-0.4, -0.2) is 24.0 Å². The van der Waals surface area contributed by atoms with Gasteiger partial charge >= 0.3 is 5.97 Å². The normalized spacial score (nSPS) is 11.9. The van der Waals surface area contributed by atoms with Crippen LogP contribution in [0.1, 0.15) is 13.8 Å². The zero-order valence-corrected chi connectivity index (χ0v) is 6.67. The average molecular weight is 158 g/mol. The Morgan fingerprint density at radius 1 is 1.27 bits per heavy atom. The highest BCUT2D eigenvalue weighted by atomic mass is 16.5. The van der Waals surface area contributed by atoms with E-state index in [4.69, 9.17) is 5.11 Å². The first-order valence-electron chi connectivity index (χ1n) is 2.99. The summed E-state index contributed by atoms with van der Waals surface area (Å²) in [6.07, 6.45) is 0. The van der Waals surface area contributed by atoms with E-state index in [1.807, 2.05) is 0 Å². The van der Waals surface area contributed by atoms with Crippen molar-refractivity contribution >= 4 is 11.8 Å². The maximum atomic E-state index is 10.6. The van der Waals surface area contributed by atoms with Crippen LogP contribution in [-0.2, 0) is 14.3 Å². The van der Waals surface area contributed by atoms with Crippen LogP contribution in [0.25, 0.3) is 0 Å². The Kier molecular flexibility index (Phi) is 3.30. The summed E-state index contributed by atoms with van der Waals surface area (Å²) >= 11 is 0. The molecule has 0 bridgehead atoms. The number of aliphatic hydroxyl groups excluding tert-OH is 1.